The van der Waals surface area contributed by atoms with Crippen molar-refractivity contribution in [3.63, 3.8) is 0 Å². The van der Waals surface area contributed by atoms with Crippen molar-refractivity contribution in [2.75, 3.05) is 10.6 Å². The molecule has 23 heavy (non-hydrogen) atoms. The van der Waals surface area contributed by atoms with Gasteiger partial charge in [-0.2, -0.15) is 16.4 Å². The lowest BCUT2D eigenvalue weighted by Crippen LogP contribution is -2.18. The van der Waals surface area contributed by atoms with Gasteiger partial charge in [0.2, 0.25) is 0 Å². The Morgan fingerprint density at radius 3 is 2.61 bits per heavy atom. The highest BCUT2D eigenvalue weighted by Gasteiger charge is 2.15. The maximum Gasteiger partial charge on any atom is 0.258 e. The van der Waals surface area contributed by atoms with E-state index in [2.05, 4.69) is 15.7 Å². The van der Waals surface area contributed by atoms with Gasteiger partial charge in [-0.25, -0.2) is 0 Å². The van der Waals surface area contributed by atoms with Crippen molar-refractivity contribution < 1.29 is 9.59 Å². The fraction of sp³-hybridized carbons (Fsp3) is 0.0625. The largest absolute Gasteiger partial charge is 0.321 e. The lowest BCUT2D eigenvalue weighted by atomic mass is 10.1. The van der Waals surface area contributed by atoms with Crippen molar-refractivity contribution in [1.82, 2.24) is 9.78 Å². The molecular formula is C16H14N4O2S. The van der Waals surface area contributed by atoms with Gasteiger partial charge in [0.1, 0.15) is 0 Å². The highest BCUT2D eigenvalue weighted by molar-refractivity contribution is 7.08. The zero-order valence-corrected chi connectivity index (χ0v) is 13.1. The topological polar surface area (TPSA) is 76.0 Å². The smallest absolute Gasteiger partial charge is 0.258 e. The standard InChI is InChI=1S/C16H14N4O2S/c1-20-8-6-14(19-20)18-16(22)12-4-2-3-5-13(12)17-15(21)11-7-9-23-10-11/h2-10H,1H3,(H,17,21)(H,18,19,22). The summed E-state index contributed by atoms with van der Waals surface area (Å²) in [6.45, 7) is 0. The SMILES string of the molecule is Cn1ccc(NC(=O)c2ccccc2NC(=O)c2ccsc2)n1. The van der Waals surface area contributed by atoms with Crippen LogP contribution >= 0.6 is 11.3 Å². The number of hydrogen-bond donors (Lipinski definition) is 2. The lowest BCUT2D eigenvalue weighted by molar-refractivity contribution is 0.102. The predicted molar refractivity (Wildman–Crippen MR) is 89.9 cm³/mol. The normalized spacial score (nSPS) is 10.3. The second-order valence-electron chi connectivity index (χ2n) is 4.84. The van der Waals surface area contributed by atoms with Crippen LogP contribution in [0.1, 0.15) is 20.7 Å². The molecule has 0 aliphatic carbocycles. The number of nitrogens with zero attached hydrogens (tertiary/aromatic N) is 2. The molecular weight excluding hydrogens is 312 g/mol. The molecule has 2 heterocycles. The lowest BCUT2D eigenvalue weighted by Gasteiger charge is -2.10. The summed E-state index contributed by atoms with van der Waals surface area (Å²) >= 11 is 1.44. The van der Waals surface area contributed by atoms with E-state index >= 15 is 0 Å². The second-order valence-corrected chi connectivity index (χ2v) is 5.62. The fourth-order valence-electron chi connectivity index (χ4n) is 2.04. The number of aromatic nitrogens is 2. The Labute approximate surface area is 136 Å². The van der Waals surface area contributed by atoms with Crippen molar-refractivity contribution in [2.45, 2.75) is 0 Å². The van der Waals surface area contributed by atoms with Crippen LogP contribution < -0.4 is 10.6 Å². The summed E-state index contributed by atoms with van der Waals surface area (Å²) in [6, 6.07) is 10.3. The Hall–Kier alpha value is -2.93. The quantitative estimate of drug-likeness (QED) is 0.774. The highest BCUT2D eigenvalue weighted by atomic mass is 32.1. The highest BCUT2D eigenvalue weighted by Crippen LogP contribution is 2.18. The average molecular weight is 326 g/mol. The van der Waals surface area contributed by atoms with Gasteiger partial charge in [0, 0.05) is 24.7 Å². The molecule has 0 atom stereocenters. The number of aryl methyl sites for hydroxylation is 1. The third-order valence-corrected chi connectivity index (χ3v) is 3.84. The van der Waals surface area contributed by atoms with E-state index in [9.17, 15) is 9.59 Å². The maximum atomic E-state index is 12.4. The molecule has 2 aromatic heterocycles. The summed E-state index contributed by atoms with van der Waals surface area (Å²) in [4.78, 5) is 24.6. The van der Waals surface area contributed by atoms with Gasteiger partial charge in [-0.05, 0) is 23.6 Å². The number of rotatable bonds is 4. The molecule has 2 amide bonds. The minimum atomic E-state index is -0.329. The minimum absolute atomic E-state index is 0.246. The fourth-order valence-corrected chi connectivity index (χ4v) is 2.68. The first-order valence-corrected chi connectivity index (χ1v) is 7.81. The molecule has 1 aromatic carbocycles. The molecule has 0 aliphatic rings. The minimum Gasteiger partial charge on any atom is -0.321 e. The zero-order valence-electron chi connectivity index (χ0n) is 12.3. The summed E-state index contributed by atoms with van der Waals surface area (Å²) < 4.78 is 1.60. The summed E-state index contributed by atoms with van der Waals surface area (Å²) in [5.74, 6) is -0.120. The van der Waals surface area contributed by atoms with E-state index in [4.69, 9.17) is 0 Å². The van der Waals surface area contributed by atoms with Gasteiger partial charge in [-0.15, -0.1) is 0 Å². The molecule has 3 rings (SSSR count). The Balaban J connectivity index is 1.80. The van der Waals surface area contributed by atoms with Gasteiger partial charge >= 0.3 is 0 Å². The molecule has 0 saturated heterocycles. The first-order valence-electron chi connectivity index (χ1n) is 6.87. The number of hydrogen-bond acceptors (Lipinski definition) is 4. The summed E-state index contributed by atoms with van der Waals surface area (Å²) in [6.07, 6.45) is 1.74. The number of carbonyl (C=O) groups excluding carboxylic acids is 2. The summed E-state index contributed by atoms with van der Waals surface area (Å²) in [5.41, 5.74) is 1.40. The van der Waals surface area contributed by atoms with Crippen molar-refractivity contribution in [2.24, 2.45) is 7.05 Å². The number of thiophene rings is 1. The molecule has 2 N–H and O–H groups in total. The summed E-state index contributed by atoms with van der Waals surface area (Å²) in [5, 5.41) is 13.2. The Morgan fingerprint density at radius 1 is 1.09 bits per heavy atom. The molecule has 0 bridgehead atoms. The molecule has 0 spiro atoms. The molecule has 7 heteroatoms. The van der Waals surface area contributed by atoms with Crippen LogP contribution in [0.2, 0.25) is 0 Å². The van der Waals surface area contributed by atoms with Crippen LogP contribution in [-0.2, 0) is 7.05 Å². The van der Waals surface area contributed by atoms with E-state index in [0.29, 0.717) is 22.6 Å². The van der Waals surface area contributed by atoms with Crippen LogP contribution in [0, 0.1) is 0 Å². The van der Waals surface area contributed by atoms with Gasteiger partial charge in [-0.1, -0.05) is 12.1 Å². The molecule has 0 fully saturated rings. The van der Waals surface area contributed by atoms with E-state index in [-0.39, 0.29) is 11.8 Å². The molecule has 116 valence electrons. The number of carbonyl (C=O) groups is 2. The monoisotopic (exact) mass is 326 g/mol. The van der Waals surface area contributed by atoms with Crippen molar-refractivity contribution in [3.8, 4) is 0 Å². The van der Waals surface area contributed by atoms with Crippen LogP contribution in [-0.4, -0.2) is 21.6 Å². The van der Waals surface area contributed by atoms with Crippen molar-refractivity contribution in [1.29, 1.82) is 0 Å². The van der Waals surface area contributed by atoms with Gasteiger partial charge in [0.05, 0.1) is 16.8 Å². The number of benzene rings is 1. The van der Waals surface area contributed by atoms with E-state index in [1.807, 2.05) is 5.38 Å². The first-order chi connectivity index (χ1) is 11.1. The molecule has 0 aliphatic heterocycles. The van der Waals surface area contributed by atoms with E-state index in [0.717, 1.165) is 0 Å². The van der Waals surface area contributed by atoms with Gasteiger partial charge in [0.15, 0.2) is 5.82 Å². The second kappa shape index (κ2) is 6.45. The van der Waals surface area contributed by atoms with Crippen LogP contribution in [0.15, 0.2) is 53.4 Å². The molecule has 0 unspecified atom stereocenters. The molecule has 3 aromatic rings. The van der Waals surface area contributed by atoms with Gasteiger partial charge < -0.3 is 10.6 Å². The van der Waals surface area contributed by atoms with Crippen LogP contribution in [0.4, 0.5) is 11.5 Å². The Bertz CT molecular complexity index is 839. The first kappa shape index (κ1) is 15.0. The number of amides is 2. The maximum absolute atomic E-state index is 12.4. The molecule has 0 saturated carbocycles. The van der Waals surface area contributed by atoms with E-state index in [1.54, 1.807) is 59.7 Å². The Kier molecular flexibility index (Phi) is 4.20. The van der Waals surface area contributed by atoms with Gasteiger partial charge in [0.25, 0.3) is 11.8 Å². The number of nitrogens with one attached hydrogen (secondary N) is 2. The van der Waals surface area contributed by atoms with Crippen molar-refractivity contribution in [3.05, 3.63) is 64.5 Å². The summed E-state index contributed by atoms with van der Waals surface area (Å²) in [7, 11) is 1.77. The average Bonchev–Trinajstić information content (AvgIpc) is 3.19. The predicted octanol–water partition coefficient (Wildman–Crippen LogP) is 2.99. The number of anilines is 2. The molecule has 0 radical (unpaired) electrons. The third-order valence-electron chi connectivity index (χ3n) is 3.16. The third kappa shape index (κ3) is 3.46. The van der Waals surface area contributed by atoms with Crippen LogP contribution in [0.25, 0.3) is 0 Å². The van der Waals surface area contributed by atoms with E-state index < -0.39 is 0 Å². The van der Waals surface area contributed by atoms with E-state index in [1.165, 1.54) is 11.3 Å². The van der Waals surface area contributed by atoms with Gasteiger partial charge in [-0.3, -0.25) is 14.3 Å². The Morgan fingerprint density at radius 2 is 1.91 bits per heavy atom. The number of para-hydroxylation sites is 1. The van der Waals surface area contributed by atoms with Crippen molar-refractivity contribution >= 4 is 34.7 Å². The van der Waals surface area contributed by atoms with Crippen LogP contribution in [0.3, 0.4) is 0 Å². The zero-order chi connectivity index (χ0) is 16.2. The molecule has 6 nitrogen and oxygen atoms in total. The van der Waals surface area contributed by atoms with Crippen LogP contribution in [0.5, 0.6) is 0 Å².